The maximum atomic E-state index is 13.7. The monoisotopic (exact) mass is 526 g/mol. The molecule has 4 rings (SSSR count). The van der Waals surface area contributed by atoms with E-state index in [2.05, 4.69) is 4.99 Å². The molecule has 1 unspecified atom stereocenters. The van der Waals surface area contributed by atoms with Gasteiger partial charge in [0.2, 0.25) is 0 Å². The van der Waals surface area contributed by atoms with Crippen LogP contribution in [0.5, 0.6) is 11.5 Å². The van der Waals surface area contributed by atoms with Crippen LogP contribution in [0.1, 0.15) is 37.9 Å². The van der Waals surface area contributed by atoms with E-state index in [0.29, 0.717) is 36.9 Å². The number of aromatic nitrogens is 1. The molecule has 1 aliphatic rings. The molecule has 36 heavy (non-hydrogen) atoms. The second-order valence-electron chi connectivity index (χ2n) is 7.83. The van der Waals surface area contributed by atoms with E-state index < -0.39 is 18.0 Å². The van der Waals surface area contributed by atoms with Crippen molar-refractivity contribution in [2.75, 3.05) is 13.7 Å². The van der Waals surface area contributed by atoms with Gasteiger partial charge in [-0.25, -0.2) is 9.79 Å². The number of methoxy groups -OCH3 is 1. The molecule has 0 spiro atoms. The molecule has 1 aromatic heterocycles. The van der Waals surface area contributed by atoms with Gasteiger partial charge < -0.3 is 14.2 Å². The minimum atomic E-state index is -0.794. The van der Waals surface area contributed by atoms with E-state index in [0.717, 1.165) is 0 Å². The van der Waals surface area contributed by atoms with E-state index in [1.807, 2.05) is 0 Å². The first kappa shape index (κ1) is 25.4. The number of hydrogen-bond acceptors (Lipinski definition) is 8. The molecule has 8 nitrogen and oxygen atoms in total. The van der Waals surface area contributed by atoms with Crippen LogP contribution >= 0.6 is 22.9 Å². The first-order valence-corrected chi connectivity index (χ1v) is 12.2. The summed E-state index contributed by atoms with van der Waals surface area (Å²) in [7, 11) is 1.46. The molecule has 0 fully saturated rings. The molecule has 0 N–H and O–H groups in total. The van der Waals surface area contributed by atoms with Gasteiger partial charge in [-0.2, -0.15) is 0 Å². The molecule has 0 saturated heterocycles. The molecule has 2 aromatic carbocycles. The highest BCUT2D eigenvalue weighted by atomic mass is 35.5. The SMILES string of the molecule is CCOC(=O)C1=C(C)N=c2s/c(=C/c3ccc(OC(C)=O)c(OC)c3)c(=O)n2C1c1ccccc1Cl. The van der Waals surface area contributed by atoms with E-state index in [4.69, 9.17) is 25.8 Å². The number of halogens is 1. The van der Waals surface area contributed by atoms with Crippen LogP contribution in [0.25, 0.3) is 6.08 Å². The van der Waals surface area contributed by atoms with E-state index in [1.165, 1.54) is 29.9 Å². The number of nitrogens with zero attached hydrogens (tertiary/aromatic N) is 2. The van der Waals surface area contributed by atoms with Crippen molar-refractivity contribution in [1.29, 1.82) is 0 Å². The van der Waals surface area contributed by atoms with Crippen molar-refractivity contribution >= 4 is 41.0 Å². The lowest BCUT2D eigenvalue weighted by atomic mass is 9.96. The van der Waals surface area contributed by atoms with Crippen LogP contribution in [0, 0.1) is 0 Å². The predicted molar refractivity (Wildman–Crippen MR) is 136 cm³/mol. The summed E-state index contributed by atoms with van der Waals surface area (Å²) in [5.41, 5.74) is 1.64. The normalized spacial score (nSPS) is 15.2. The summed E-state index contributed by atoms with van der Waals surface area (Å²) in [4.78, 5) is 43.0. The quantitative estimate of drug-likeness (QED) is 0.361. The van der Waals surface area contributed by atoms with Crippen LogP contribution in [0.2, 0.25) is 5.02 Å². The fourth-order valence-electron chi connectivity index (χ4n) is 3.95. The molecule has 0 aliphatic carbocycles. The second-order valence-corrected chi connectivity index (χ2v) is 9.24. The Kier molecular flexibility index (Phi) is 7.42. The fourth-order valence-corrected chi connectivity index (χ4v) is 5.23. The fraction of sp³-hybridized carbons (Fsp3) is 0.231. The van der Waals surface area contributed by atoms with Crippen molar-refractivity contribution in [2.45, 2.75) is 26.8 Å². The average molecular weight is 527 g/mol. The number of benzene rings is 2. The zero-order valence-corrected chi connectivity index (χ0v) is 21.6. The van der Waals surface area contributed by atoms with Gasteiger partial charge in [0, 0.05) is 11.9 Å². The van der Waals surface area contributed by atoms with E-state index in [9.17, 15) is 14.4 Å². The number of carbonyl (C=O) groups excluding carboxylic acids is 2. The Balaban J connectivity index is 1.91. The molecular weight excluding hydrogens is 504 g/mol. The number of thiazole rings is 1. The molecule has 1 atom stereocenters. The van der Waals surface area contributed by atoms with Crippen LogP contribution in [-0.2, 0) is 14.3 Å². The van der Waals surface area contributed by atoms with Gasteiger partial charge in [-0.3, -0.25) is 14.2 Å². The highest BCUT2D eigenvalue weighted by molar-refractivity contribution is 7.07. The topological polar surface area (TPSA) is 96.2 Å². The Bertz CT molecular complexity index is 1570. The molecule has 0 bridgehead atoms. The molecule has 10 heteroatoms. The van der Waals surface area contributed by atoms with Gasteiger partial charge >= 0.3 is 11.9 Å². The Hall–Kier alpha value is -3.69. The zero-order valence-electron chi connectivity index (χ0n) is 20.0. The van der Waals surface area contributed by atoms with Gasteiger partial charge in [0.15, 0.2) is 16.3 Å². The summed E-state index contributed by atoms with van der Waals surface area (Å²) in [5, 5.41) is 0.416. The van der Waals surface area contributed by atoms with Gasteiger partial charge in [-0.1, -0.05) is 47.2 Å². The summed E-state index contributed by atoms with van der Waals surface area (Å²) in [6.45, 7) is 4.91. The summed E-state index contributed by atoms with van der Waals surface area (Å²) < 4.78 is 17.7. The van der Waals surface area contributed by atoms with E-state index in [1.54, 1.807) is 62.4 Å². The van der Waals surface area contributed by atoms with Crippen LogP contribution in [-0.4, -0.2) is 30.2 Å². The van der Waals surface area contributed by atoms with Gasteiger partial charge in [-0.05, 0) is 49.2 Å². The van der Waals surface area contributed by atoms with Crippen molar-refractivity contribution in [3.8, 4) is 11.5 Å². The van der Waals surface area contributed by atoms with Gasteiger partial charge in [-0.15, -0.1) is 0 Å². The van der Waals surface area contributed by atoms with Crippen LogP contribution in [0.4, 0.5) is 0 Å². The number of hydrogen-bond donors (Lipinski definition) is 0. The van der Waals surface area contributed by atoms with Crippen LogP contribution < -0.4 is 24.4 Å². The van der Waals surface area contributed by atoms with Crippen molar-refractivity contribution in [3.05, 3.63) is 89.6 Å². The standard InChI is InChI=1S/C26H23ClN2O6S/c1-5-34-25(32)22-14(2)28-26-29(23(22)17-8-6-7-9-18(17)27)24(31)21(36-26)13-16-10-11-19(35-15(3)30)20(12-16)33-4/h6-13,23H,5H2,1-4H3/b21-13+. The summed E-state index contributed by atoms with van der Waals surface area (Å²) in [5.74, 6) is -0.399. The smallest absolute Gasteiger partial charge is 0.338 e. The molecule has 1 aliphatic heterocycles. The second kappa shape index (κ2) is 10.5. The van der Waals surface area contributed by atoms with Crippen LogP contribution in [0.3, 0.4) is 0 Å². The van der Waals surface area contributed by atoms with E-state index in [-0.39, 0.29) is 23.5 Å². The largest absolute Gasteiger partial charge is 0.493 e. The van der Waals surface area contributed by atoms with Gasteiger partial charge in [0.05, 0.1) is 29.5 Å². The number of esters is 2. The minimum Gasteiger partial charge on any atom is -0.493 e. The Morgan fingerprint density at radius 2 is 1.94 bits per heavy atom. The summed E-state index contributed by atoms with van der Waals surface area (Å²) >= 11 is 7.71. The number of rotatable bonds is 6. The number of allylic oxidation sites excluding steroid dienone is 1. The van der Waals surface area contributed by atoms with Crippen molar-refractivity contribution in [3.63, 3.8) is 0 Å². The first-order valence-electron chi connectivity index (χ1n) is 11.1. The average Bonchev–Trinajstić information content (AvgIpc) is 3.13. The van der Waals surface area contributed by atoms with Crippen molar-refractivity contribution < 1.29 is 23.8 Å². The molecule has 3 aromatic rings. The van der Waals surface area contributed by atoms with Crippen molar-refractivity contribution in [2.24, 2.45) is 4.99 Å². The lowest BCUT2D eigenvalue weighted by Gasteiger charge is -2.25. The first-order chi connectivity index (χ1) is 17.2. The molecule has 0 saturated carbocycles. The maximum absolute atomic E-state index is 13.7. The van der Waals surface area contributed by atoms with Crippen LogP contribution in [0.15, 0.2) is 63.5 Å². The predicted octanol–water partition coefficient (Wildman–Crippen LogP) is 3.39. The third-order valence-corrected chi connectivity index (χ3v) is 6.78. The third-order valence-electron chi connectivity index (χ3n) is 5.46. The summed E-state index contributed by atoms with van der Waals surface area (Å²) in [6.07, 6.45) is 1.69. The van der Waals surface area contributed by atoms with Crippen molar-refractivity contribution in [1.82, 2.24) is 4.57 Å². The number of fused-ring (bicyclic) bond motifs is 1. The third kappa shape index (κ3) is 4.84. The lowest BCUT2D eigenvalue weighted by molar-refractivity contribution is -0.139. The molecule has 0 radical (unpaired) electrons. The molecule has 2 heterocycles. The summed E-state index contributed by atoms with van der Waals surface area (Å²) in [6, 6.07) is 11.2. The Labute approximate surface area is 215 Å². The number of ether oxygens (including phenoxy) is 3. The Morgan fingerprint density at radius 1 is 1.19 bits per heavy atom. The van der Waals surface area contributed by atoms with E-state index >= 15 is 0 Å². The number of carbonyl (C=O) groups is 2. The zero-order chi connectivity index (χ0) is 26.0. The highest BCUT2D eigenvalue weighted by Crippen LogP contribution is 2.34. The molecule has 186 valence electrons. The van der Waals surface area contributed by atoms with Gasteiger partial charge in [0.25, 0.3) is 5.56 Å². The minimum absolute atomic E-state index is 0.181. The maximum Gasteiger partial charge on any atom is 0.338 e. The Morgan fingerprint density at radius 3 is 2.61 bits per heavy atom. The molecular formula is C26H23ClN2O6S. The van der Waals surface area contributed by atoms with Gasteiger partial charge in [0.1, 0.15) is 6.04 Å². The lowest BCUT2D eigenvalue weighted by Crippen LogP contribution is -2.40. The molecule has 0 amide bonds. The highest BCUT2D eigenvalue weighted by Gasteiger charge is 2.34.